The summed E-state index contributed by atoms with van der Waals surface area (Å²) in [5, 5.41) is 2.94. The van der Waals surface area contributed by atoms with Crippen LogP contribution in [0.5, 0.6) is 0 Å². The van der Waals surface area contributed by atoms with E-state index < -0.39 is 15.6 Å². The molecule has 3 rings (SSSR count). The van der Waals surface area contributed by atoms with Gasteiger partial charge in [-0.1, -0.05) is 33.1 Å². The molecular formula is C24H36N4O5S. The highest BCUT2D eigenvalue weighted by molar-refractivity contribution is 7.89. The lowest BCUT2D eigenvalue weighted by Crippen LogP contribution is -2.56. The topological polar surface area (TPSA) is 111 Å². The Kier molecular flexibility index (Phi) is 8.35. The Labute approximate surface area is 201 Å². The molecular weight excluding hydrogens is 456 g/mol. The van der Waals surface area contributed by atoms with E-state index in [1.807, 2.05) is 25.3 Å². The van der Waals surface area contributed by atoms with Gasteiger partial charge >= 0.3 is 5.97 Å². The van der Waals surface area contributed by atoms with Crippen molar-refractivity contribution in [1.82, 2.24) is 19.2 Å². The Morgan fingerprint density at radius 1 is 1.15 bits per heavy atom. The highest BCUT2D eigenvalue weighted by atomic mass is 32.2. The smallest absolute Gasteiger partial charge is 0.331 e. The zero-order valence-electron chi connectivity index (χ0n) is 20.6. The summed E-state index contributed by atoms with van der Waals surface area (Å²) < 4.78 is 34.2. The van der Waals surface area contributed by atoms with Crippen molar-refractivity contribution in [3.63, 3.8) is 0 Å². The Balaban J connectivity index is 1.80. The van der Waals surface area contributed by atoms with Gasteiger partial charge in [-0.2, -0.15) is 4.31 Å². The second kappa shape index (κ2) is 10.9. The number of amides is 1. The molecule has 0 atom stereocenters. The monoisotopic (exact) mass is 492 g/mol. The molecule has 188 valence electrons. The second-order valence-electron chi connectivity index (χ2n) is 8.69. The van der Waals surface area contributed by atoms with Crippen LogP contribution in [0.15, 0.2) is 23.1 Å². The zero-order chi connectivity index (χ0) is 24.9. The molecule has 0 spiro atoms. The maximum atomic E-state index is 12.9. The standard InChI is InChI=1S/C24H36N4O5S/c1-5-27(6-2)34(31,32)18-11-12-20-19(17-18)25-21(28(20)7-3)13-14-22(29)26-24(23(30)33-4)15-9-8-10-16-24/h11-12,17H,5-10,13-16H2,1-4H3,(H,26,29). The summed E-state index contributed by atoms with van der Waals surface area (Å²) in [5.41, 5.74) is 0.473. The molecule has 9 nitrogen and oxygen atoms in total. The maximum absolute atomic E-state index is 12.9. The number of ether oxygens (including phenoxy) is 1. The first-order valence-electron chi connectivity index (χ1n) is 12.1. The number of aromatic nitrogens is 2. The molecule has 1 aliphatic carbocycles. The lowest BCUT2D eigenvalue weighted by molar-refractivity contribution is -0.152. The lowest BCUT2D eigenvalue weighted by Gasteiger charge is -2.35. The van der Waals surface area contributed by atoms with E-state index in [1.54, 1.807) is 18.2 Å². The number of aryl methyl sites for hydroxylation is 2. The van der Waals surface area contributed by atoms with Crippen molar-refractivity contribution in [3.05, 3.63) is 24.0 Å². The number of esters is 1. The molecule has 0 bridgehead atoms. The van der Waals surface area contributed by atoms with Crippen LogP contribution in [0.1, 0.15) is 65.1 Å². The summed E-state index contributed by atoms with van der Waals surface area (Å²) in [6, 6.07) is 5.00. The number of carbonyl (C=O) groups excluding carboxylic acids is 2. The number of imidazole rings is 1. The minimum atomic E-state index is -3.59. The van der Waals surface area contributed by atoms with E-state index in [0.717, 1.165) is 24.8 Å². The first kappa shape index (κ1) is 26.2. The molecule has 0 radical (unpaired) electrons. The van der Waals surface area contributed by atoms with Gasteiger partial charge in [0.05, 0.1) is 23.0 Å². The van der Waals surface area contributed by atoms with Crippen molar-refractivity contribution >= 4 is 32.9 Å². The summed E-state index contributed by atoms with van der Waals surface area (Å²) in [5.74, 6) is 0.107. The SMILES string of the molecule is CCN(CC)S(=O)(=O)c1ccc2c(c1)nc(CCC(=O)NC1(C(=O)OC)CCCCC1)n2CC. The molecule has 1 fully saturated rings. The van der Waals surface area contributed by atoms with Gasteiger partial charge in [0.15, 0.2) is 0 Å². The Morgan fingerprint density at radius 2 is 1.82 bits per heavy atom. The third-order valence-corrected chi connectivity index (χ3v) is 8.74. The number of rotatable bonds is 10. The van der Waals surface area contributed by atoms with Gasteiger partial charge in [-0.15, -0.1) is 0 Å². The Bertz CT molecular complexity index is 1130. The largest absolute Gasteiger partial charge is 0.467 e. The van der Waals surface area contributed by atoms with E-state index in [9.17, 15) is 18.0 Å². The molecule has 1 amide bonds. The number of carbonyl (C=O) groups is 2. The minimum Gasteiger partial charge on any atom is -0.467 e. The average molecular weight is 493 g/mol. The molecule has 0 aliphatic heterocycles. The molecule has 10 heteroatoms. The van der Waals surface area contributed by atoms with Gasteiger partial charge in [0, 0.05) is 32.5 Å². The molecule has 1 aromatic heterocycles. The number of methoxy groups -OCH3 is 1. The number of nitrogens with one attached hydrogen (secondary N) is 1. The van der Waals surface area contributed by atoms with Gasteiger partial charge in [-0.25, -0.2) is 18.2 Å². The number of hydrogen-bond donors (Lipinski definition) is 1. The van der Waals surface area contributed by atoms with Gasteiger partial charge in [-0.05, 0) is 38.0 Å². The molecule has 0 unspecified atom stereocenters. The molecule has 1 aliphatic rings. The van der Waals surface area contributed by atoms with Crippen molar-refractivity contribution < 1.29 is 22.7 Å². The number of fused-ring (bicyclic) bond motifs is 1. The third-order valence-electron chi connectivity index (χ3n) is 6.70. The Hall–Kier alpha value is -2.46. The van der Waals surface area contributed by atoms with Crippen LogP contribution in [0.25, 0.3) is 11.0 Å². The normalized spacial score (nSPS) is 16.0. The molecule has 34 heavy (non-hydrogen) atoms. The quantitative estimate of drug-likeness (QED) is 0.511. The van der Waals surface area contributed by atoms with Crippen LogP contribution in [-0.4, -0.2) is 59.9 Å². The van der Waals surface area contributed by atoms with Crippen molar-refractivity contribution in [2.24, 2.45) is 0 Å². The van der Waals surface area contributed by atoms with E-state index in [4.69, 9.17) is 4.74 Å². The Morgan fingerprint density at radius 3 is 2.41 bits per heavy atom. The first-order valence-corrected chi connectivity index (χ1v) is 13.5. The summed E-state index contributed by atoms with van der Waals surface area (Å²) in [6.45, 7) is 7.04. The van der Waals surface area contributed by atoms with Gasteiger partial charge in [0.25, 0.3) is 0 Å². The number of hydrogen-bond acceptors (Lipinski definition) is 6. The van der Waals surface area contributed by atoms with Crippen LogP contribution in [0.2, 0.25) is 0 Å². The van der Waals surface area contributed by atoms with Crippen LogP contribution in [0.3, 0.4) is 0 Å². The molecule has 1 saturated carbocycles. The lowest BCUT2D eigenvalue weighted by atomic mass is 9.81. The van der Waals surface area contributed by atoms with E-state index in [1.165, 1.54) is 11.4 Å². The molecule has 1 heterocycles. The van der Waals surface area contributed by atoms with Crippen molar-refractivity contribution in [3.8, 4) is 0 Å². The average Bonchev–Trinajstić information content (AvgIpc) is 3.20. The van der Waals surface area contributed by atoms with Gasteiger partial charge in [0.2, 0.25) is 15.9 Å². The summed E-state index contributed by atoms with van der Waals surface area (Å²) in [4.78, 5) is 30.1. The van der Waals surface area contributed by atoms with E-state index >= 15 is 0 Å². The minimum absolute atomic E-state index is 0.173. The predicted molar refractivity (Wildman–Crippen MR) is 130 cm³/mol. The van der Waals surface area contributed by atoms with Crippen LogP contribution in [0, 0.1) is 0 Å². The first-order chi connectivity index (χ1) is 16.2. The van der Waals surface area contributed by atoms with Crippen molar-refractivity contribution in [1.29, 1.82) is 0 Å². The predicted octanol–water partition coefficient (Wildman–Crippen LogP) is 3.01. The van der Waals surface area contributed by atoms with E-state index in [2.05, 4.69) is 10.3 Å². The number of nitrogens with zero attached hydrogens (tertiary/aromatic N) is 3. The fraction of sp³-hybridized carbons (Fsp3) is 0.625. The highest BCUT2D eigenvalue weighted by Gasteiger charge is 2.41. The van der Waals surface area contributed by atoms with Crippen LogP contribution in [-0.2, 0) is 37.3 Å². The summed E-state index contributed by atoms with van der Waals surface area (Å²) >= 11 is 0. The molecule has 1 aromatic carbocycles. The number of sulfonamides is 1. The van der Waals surface area contributed by atoms with Crippen LogP contribution in [0.4, 0.5) is 0 Å². The summed E-state index contributed by atoms with van der Waals surface area (Å²) in [6.07, 6.45) is 4.52. The summed E-state index contributed by atoms with van der Waals surface area (Å²) in [7, 11) is -2.24. The maximum Gasteiger partial charge on any atom is 0.331 e. The number of benzene rings is 1. The fourth-order valence-corrected chi connectivity index (χ4v) is 6.34. The molecule has 0 saturated heterocycles. The van der Waals surface area contributed by atoms with E-state index in [0.29, 0.717) is 50.2 Å². The van der Waals surface area contributed by atoms with Crippen molar-refractivity contribution in [2.75, 3.05) is 20.2 Å². The highest BCUT2D eigenvalue weighted by Crippen LogP contribution is 2.30. The molecule has 2 aromatic rings. The van der Waals surface area contributed by atoms with Crippen molar-refractivity contribution in [2.45, 2.75) is 82.7 Å². The van der Waals surface area contributed by atoms with Gasteiger partial charge in [0.1, 0.15) is 11.4 Å². The van der Waals surface area contributed by atoms with E-state index in [-0.39, 0.29) is 23.2 Å². The van der Waals surface area contributed by atoms with Gasteiger partial charge < -0.3 is 14.6 Å². The van der Waals surface area contributed by atoms with Crippen LogP contribution < -0.4 is 5.32 Å². The van der Waals surface area contributed by atoms with Crippen LogP contribution >= 0.6 is 0 Å². The fourth-order valence-electron chi connectivity index (χ4n) is 4.86. The molecule has 1 N–H and O–H groups in total. The van der Waals surface area contributed by atoms with Gasteiger partial charge in [-0.3, -0.25) is 4.79 Å². The second-order valence-corrected chi connectivity index (χ2v) is 10.6. The zero-order valence-corrected chi connectivity index (χ0v) is 21.4. The third kappa shape index (κ3) is 5.12.